The summed E-state index contributed by atoms with van der Waals surface area (Å²) >= 11 is 1.35. The van der Waals surface area contributed by atoms with Crippen molar-refractivity contribution >= 4 is 28.4 Å². The van der Waals surface area contributed by atoms with Crippen LogP contribution in [0.3, 0.4) is 0 Å². The monoisotopic (exact) mass is 390 g/mol. The van der Waals surface area contributed by atoms with E-state index in [1.807, 2.05) is 30.5 Å². The van der Waals surface area contributed by atoms with Crippen molar-refractivity contribution in [1.82, 2.24) is 20.2 Å². The first kappa shape index (κ1) is 18.5. The van der Waals surface area contributed by atoms with E-state index in [0.717, 1.165) is 40.7 Å². The number of hydrogen-bond acceptors (Lipinski definition) is 4. The average molecular weight is 391 g/mol. The van der Waals surface area contributed by atoms with E-state index in [-0.39, 0.29) is 5.78 Å². The highest BCUT2D eigenvalue weighted by atomic mass is 32.2. The van der Waals surface area contributed by atoms with Crippen LogP contribution >= 0.6 is 11.8 Å². The van der Waals surface area contributed by atoms with Crippen molar-refractivity contribution in [3.8, 4) is 11.4 Å². The van der Waals surface area contributed by atoms with Gasteiger partial charge < -0.3 is 4.98 Å². The van der Waals surface area contributed by atoms with Crippen molar-refractivity contribution in [2.24, 2.45) is 0 Å². The van der Waals surface area contributed by atoms with Gasteiger partial charge in [0, 0.05) is 28.2 Å². The molecule has 5 nitrogen and oxygen atoms in total. The summed E-state index contributed by atoms with van der Waals surface area (Å²) < 4.78 is 0. The number of carbonyl (C=O) groups is 1. The minimum absolute atomic E-state index is 0.0724. The second-order valence-corrected chi connectivity index (χ2v) is 7.57. The largest absolute Gasteiger partial charge is 0.360 e. The van der Waals surface area contributed by atoms with Gasteiger partial charge in [-0.1, -0.05) is 68.1 Å². The van der Waals surface area contributed by atoms with Crippen LogP contribution in [0, 0.1) is 0 Å². The number of carbonyl (C=O) groups excluding carboxylic acids is 1. The number of aromatic nitrogens is 4. The van der Waals surface area contributed by atoms with Gasteiger partial charge in [-0.3, -0.25) is 9.89 Å². The molecule has 0 atom stereocenters. The van der Waals surface area contributed by atoms with Crippen LogP contribution in [0.25, 0.3) is 22.3 Å². The molecular weight excluding hydrogens is 368 g/mol. The number of Topliss-reactive ketones (excluding diaryl/α,β-unsaturated/α-hetero) is 1. The molecule has 0 aliphatic heterocycles. The molecule has 0 radical (unpaired) electrons. The minimum Gasteiger partial charge on any atom is -0.360 e. The molecule has 0 bridgehead atoms. The molecule has 0 unspecified atom stereocenters. The number of aromatic amines is 2. The first-order valence-corrected chi connectivity index (χ1v) is 10.4. The second kappa shape index (κ2) is 8.02. The molecule has 2 N–H and O–H groups in total. The number of thioether (sulfide) groups is 1. The lowest BCUT2D eigenvalue weighted by Crippen LogP contribution is -2.01. The molecule has 0 aliphatic carbocycles. The number of rotatable bonds is 7. The van der Waals surface area contributed by atoms with Crippen molar-refractivity contribution in [2.75, 3.05) is 5.75 Å². The van der Waals surface area contributed by atoms with Crippen molar-refractivity contribution < 1.29 is 4.79 Å². The number of nitrogens with one attached hydrogen (secondary N) is 2. The molecule has 2 aromatic heterocycles. The van der Waals surface area contributed by atoms with Crippen LogP contribution in [-0.2, 0) is 12.8 Å². The zero-order valence-electron chi connectivity index (χ0n) is 16.0. The maximum absolute atomic E-state index is 12.7. The van der Waals surface area contributed by atoms with Gasteiger partial charge in [0.25, 0.3) is 0 Å². The first-order valence-electron chi connectivity index (χ1n) is 9.46. The van der Waals surface area contributed by atoms with Crippen LogP contribution < -0.4 is 0 Å². The maximum atomic E-state index is 12.7. The Bertz CT molecular complexity index is 1110. The fourth-order valence-electron chi connectivity index (χ4n) is 3.29. The number of para-hydroxylation sites is 1. The lowest BCUT2D eigenvalue weighted by atomic mass is 10.1. The number of hydrogen-bond donors (Lipinski definition) is 2. The van der Waals surface area contributed by atoms with Crippen LogP contribution in [0.2, 0.25) is 0 Å². The SMILES string of the molecule is CCc1ccc(-c2nc(SCC(=O)c3c[nH]c4c(CC)cccc34)n[nH]2)cc1. The Hall–Kier alpha value is -2.86. The zero-order chi connectivity index (χ0) is 19.5. The lowest BCUT2D eigenvalue weighted by molar-refractivity contribution is 0.102. The Morgan fingerprint density at radius 3 is 2.64 bits per heavy atom. The predicted octanol–water partition coefficient (Wildman–Crippen LogP) is 5.05. The molecule has 6 heteroatoms. The summed E-state index contributed by atoms with van der Waals surface area (Å²) in [7, 11) is 0. The highest BCUT2D eigenvalue weighted by Crippen LogP contribution is 2.25. The van der Waals surface area contributed by atoms with Gasteiger partial charge in [0.05, 0.1) is 5.75 Å². The molecule has 28 heavy (non-hydrogen) atoms. The van der Waals surface area contributed by atoms with E-state index in [0.29, 0.717) is 10.9 Å². The maximum Gasteiger partial charge on any atom is 0.209 e. The van der Waals surface area contributed by atoms with E-state index >= 15 is 0 Å². The van der Waals surface area contributed by atoms with Gasteiger partial charge in [0.1, 0.15) is 0 Å². The Balaban J connectivity index is 1.46. The molecule has 0 aliphatic rings. The summed E-state index contributed by atoms with van der Waals surface area (Å²) in [6.45, 7) is 4.25. The molecule has 4 rings (SSSR count). The van der Waals surface area contributed by atoms with Crippen molar-refractivity contribution in [3.63, 3.8) is 0 Å². The summed E-state index contributed by atoms with van der Waals surface area (Å²) in [5, 5.41) is 8.77. The van der Waals surface area contributed by atoms with Crippen LogP contribution in [-0.4, -0.2) is 31.7 Å². The molecular formula is C22H22N4OS. The fraction of sp³-hybridized carbons (Fsp3) is 0.227. The third kappa shape index (κ3) is 3.60. The first-order chi connectivity index (χ1) is 13.7. The normalized spacial score (nSPS) is 11.2. The molecule has 4 aromatic rings. The molecule has 0 saturated heterocycles. The molecule has 142 valence electrons. The van der Waals surface area contributed by atoms with Gasteiger partial charge in [-0.15, -0.1) is 5.10 Å². The van der Waals surface area contributed by atoms with Crippen LogP contribution in [0.15, 0.2) is 53.8 Å². The molecule has 0 spiro atoms. The highest BCUT2D eigenvalue weighted by Gasteiger charge is 2.15. The van der Waals surface area contributed by atoms with Crippen molar-refractivity contribution in [1.29, 1.82) is 0 Å². The van der Waals surface area contributed by atoms with Gasteiger partial charge in [0.15, 0.2) is 11.6 Å². The number of benzene rings is 2. The second-order valence-electron chi connectivity index (χ2n) is 6.62. The van der Waals surface area contributed by atoms with Gasteiger partial charge in [-0.2, -0.15) is 0 Å². The van der Waals surface area contributed by atoms with Crippen LogP contribution in [0.1, 0.15) is 35.3 Å². The van der Waals surface area contributed by atoms with E-state index in [4.69, 9.17) is 0 Å². The number of fused-ring (bicyclic) bond motifs is 1. The Labute approximate surface area is 168 Å². The molecule has 0 saturated carbocycles. The van der Waals surface area contributed by atoms with Crippen LogP contribution in [0.5, 0.6) is 0 Å². The third-order valence-corrected chi connectivity index (χ3v) is 5.76. The van der Waals surface area contributed by atoms with E-state index in [1.165, 1.54) is 22.9 Å². The Morgan fingerprint density at radius 2 is 1.89 bits per heavy atom. The molecule has 2 aromatic carbocycles. The van der Waals surface area contributed by atoms with E-state index in [2.05, 4.69) is 52.2 Å². The van der Waals surface area contributed by atoms with Gasteiger partial charge >= 0.3 is 0 Å². The summed E-state index contributed by atoms with van der Waals surface area (Å²) in [6, 6.07) is 14.3. The third-order valence-electron chi connectivity index (χ3n) is 4.92. The number of nitrogens with zero attached hydrogens (tertiary/aromatic N) is 2. The fourth-order valence-corrected chi connectivity index (χ4v) is 3.97. The van der Waals surface area contributed by atoms with Crippen molar-refractivity contribution in [2.45, 2.75) is 31.8 Å². The predicted molar refractivity (Wildman–Crippen MR) is 114 cm³/mol. The molecule has 2 heterocycles. The summed E-state index contributed by atoms with van der Waals surface area (Å²) in [6.07, 6.45) is 3.75. The van der Waals surface area contributed by atoms with Gasteiger partial charge in [-0.05, 0) is 24.0 Å². The number of aryl methyl sites for hydroxylation is 2. The van der Waals surface area contributed by atoms with Crippen molar-refractivity contribution in [3.05, 3.63) is 65.4 Å². The Morgan fingerprint density at radius 1 is 1.07 bits per heavy atom. The van der Waals surface area contributed by atoms with E-state index in [9.17, 15) is 4.79 Å². The molecule has 0 fully saturated rings. The summed E-state index contributed by atoms with van der Waals surface area (Å²) in [5.74, 6) is 1.09. The summed E-state index contributed by atoms with van der Waals surface area (Å²) in [4.78, 5) is 20.5. The van der Waals surface area contributed by atoms with Crippen LogP contribution in [0.4, 0.5) is 0 Å². The summed E-state index contributed by atoms with van der Waals surface area (Å²) in [5.41, 5.74) is 5.27. The van der Waals surface area contributed by atoms with Gasteiger partial charge in [0.2, 0.25) is 5.16 Å². The van der Waals surface area contributed by atoms with Gasteiger partial charge in [-0.25, -0.2) is 4.98 Å². The molecule has 0 amide bonds. The lowest BCUT2D eigenvalue weighted by Gasteiger charge is -2.01. The average Bonchev–Trinajstić information content (AvgIpc) is 3.39. The zero-order valence-corrected chi connectivity index (χ0v) is 16.8. The number of ketones is 1. The topological polar surface area (TPSA) is 74.4 Å². The van der Waals surface area contributed by atoms with E-state index < -0.39 is 0 Å². The standard InChI is InChI=1S/C22H22N4OS/c1-3-14-8-10-16(11-9-14)21-24-22(26-25-21)28-13-19(27)18-12-23-20-15(4-2)6-5-7-17(18)20/h5-12,23H,3-4,13H2,1-2H3,(H,24,25,26). The highest BCUT2D eigenvalue weighted by molar-refractivity contribution is 7.99. The smallest absolute Gasteiger partial charge is 0.209 e. The number of H-pyrrole nitrogens is 2. The van der Waals surface area contributed by atoms with E-state index in [1.54, 1.807) is 0 Å². The quantitative estimate of drug-likeness (QED) is 0.342. The minimum atomic E-state index is 0.0724. The Kier molecular flexibility index (Phi) is 5.30.